The number of aryl methyl sites for hydroxylation is 1. The fourth-order valence-electron chi connectivity index (χ4n) is 2.94. The number of rotatable bonds is 5. The second-order valence-electron chi connectivity index (χ2n) is 6.00. The van der Waals surface area contributed by atoms with E-state index in [0.717, 1.165) is 17.7 Å². The van der Waals surface area contributed by atoms with Gasteiger partial charge in [0, 0.05) is 16.8 Å². The van der Waals surface area contributed by atoms with Gasteiger partial charge in [-0.3, -0.25) is 0 Å². The van der Waals surface area contributed by atoms with Gasteiger partial charge in [-0.2, -0.15) is 0 Å². The van der Waals surface area contributed by atoms with Crippen LogP contribution in [0.1, 0.15) is 17.5 Å². The van der Waals surface area contributed by atoms with Crippen molar-refractivity contribution in [2.75, 3.05) is 7.05 Å². The molecule has 3 aromatic carbocycles. The van der Waals surface area contributed by atoms with Gasteiger partial charge in [0.25, 0.3) is 0 Å². The van der Waals surface area contributed by atoms with Crippen molar-refractivity contribution in [3.8, 4) is 0 Å². The monoisotopic (exact) mass is 365 g/mol. The third-order valence-corrected chi connectivity index (χ3v) is 5.82. The highest BCUT2D eigenvalue weighted by atomic mass is 32.2. The molecule has 126 valence electrons. The largest absolute Gasteiger partial charge is 0.213 e. The van der Waals surface area contributed by atoms with Crippen LogP contribution in [0.3, 0.4) is 0 Å². The molecule has 1 aliphatic carbocycles. The summed E-state index contributed by atoms with van der Waals surface area (Å²) in [5.41, 5.74) is 2.76. The zero-order valence-corrected chi connectivity index (χ0v) is 15.6. The van der Waals surface area contributed by atoms with Crippen molar-refractivity contribution in [1.82, 2.24) is 4.47 Å². The van der Waals surface area contributed by atoms with Crippen molar-refractivity contribution >= 4 is 40.8 Å². The van der Waals surface area contributed by atoms with Gasteiger partial charge < -0.3 is 0 Å². The highest BCUT2D eigenvalue weighted by molar-refractivity contribution is 7.98. The van der Waals surface area contributed by atoms with Crippen molar-refractivity contribution in [3.05, 3.63) is 77.9 Å². The SMILES string of the molecule is CN(OSc1ccc2ccccc2c1)Sc1ccc2c(c1)C=CCC2. The second kappa shape index (κ2) is 7.67. The summed E-state index contributed by atoms with van der Waals surface area (Å²) in [6, 6.07) is 21.4. The van der Waals surface area contributed by atoms with Crippen molar-refractivity contribution in [2.45, 2.75) is 22.6 Å². The minimum absolute atomic E-state index is 1.10. The summed E-state index contributed by atoms with van der Waals surface area (Å²) in [6.07, 6.45) is 6.74. The number of hydrogen-bond donors (Lipinski definition) is 0. The molecule has 0 saturated heterocycles. The Hall–Kier alpha value is -1.72. The summed E-state index contributed by atoms with van der Waals surface area (Å²) in [4.78, 5) is 2.28. The lowest BCUT2D eigenvalue weighted by Gasteiger charge is -2.16. The number of nitrogens with zero attached hydrogens (tertiary/aromatic N) is 1. The predicted octanol–water partition coefficient (Wildman–Crippen LogP) is 6.38. The van der Waals surface area contributed by atoms with E-state index in [-0.39, 0.29) is 0 Å². The molecule has 0 heterocycles. The molecule has 0 spiro atoms. The fourth-order valence-corrected chi connectivity index (χ4v) is 4.25. The summed E-state index contributed by atoms with van der Waals surface area (Å²) in [6.45, 7) is 0. The molecule has 4 rings (SSSR count). The topological polar surface area (TPSA) is 12.5 Å². The van der Waals surface area contributed by atoms with Crippen molar-refractivity contribution in [1.29, 1.82) is 0 Å². The van der Waals surface area contributed by atoms with Crippen LogP contribution < -0.4 is 0 Å². The standard InChI is InChI=1S/C21H19NOS2/c1-22(24-20-12-10-16-6-2-4-8-18(16)14-20)23-25-21-13-11-17-7-3-5-9-19(17)15-21/h3-5,7-15H,2,6H2,1H3. The molecule has 0 radical (unpaired) electrons. The number of hydrogen-bond acceptors (Lipinski definition) is 4. The van der Waals surface area contributed by atoms with Crippen LogP contribution in [0.5, 0.6) is 0 Å². The highest BCUT2D eigenvalue weighted by Gasteiger charge is 2.09. The number of fused-ring (bicyclic) bond motifs is 2. The molecule has 0 amide bonds. The van der Waals surface area contributed by atoms with E-state index in [1.165, 1.54) is 38.8 Å². The second-order valence-corrected chi connectivity index (χ2v) is 7.95. The maximum absolute atomic E-state index is 5.82. The van der Waals surface area contributed by atoms with E-state index in [2.05, 4.69) is 72.8 Å². The van der Waals surface area contributed by atoms with Gasteiger partial charge >= 0.3 is 0 Å². The predicted molar refractivity (Wildman–Crippen MR) is 108 cm³/mol. The van der Waals surface area contributed by atoms with Crippen LogP contribution in [-0.2, 0) is 10.7 Å². The highest BCUT2D eigenvalue weighted by Crippen LogP contribution is 2.31. The first-order valence-corrected chi connectivity index (χ1v) is 9.84. The van der Waals surface area contributed by atoms with Gasteiger partial charge in [-0.05, 0) is 71.0 Å². The smallest absolute Gasteiger partial charge is 0.0538 e. The Bertz CT molecular complexity index is 923. The molecule has 0 N–H and O–H groups in total. The van der Waals surface area contributed by atoms with Crippen LogP contribution in [0.2, 0.25) is 0 Å². The van der Waals surface area contributed by atoms with Crippen LogP contribution in [-0.4, -0.2) is 11.5 Å². The Labute approximate surface area is 157 Å². The zero-order chi connectivity index (χ0) is 17.1. The molecule has 4 heteroatoms. The van der Waals surface area contributed by atoms with Crippen LogP contribution in [0, 0.1) is 0 Å². The van der Waals surface area contributed by atoms with Crippen LogP contribution in [0.4, 0.5) is 0 Å². The first-order valence-electron chi connectivity index (χ1n) is 8.32. The number of hydroxylamine groups is 1. The maximum atomic E-state index is 5.82. The molecule has 0 bridgehead atoms. The van der Waals surface area contributed by atoms with Crippen molar-refractivity contribution in [2.24, 2.45) is 0 Å². The average Bonchev–Trinajstić information content (AvgIpc) is 2.66. The van der Waals surface area contributed by atoms with E-state index in [0.29, 0.717) is 0 Å². The minimum atomic E-state index is 1.10. The lowest BCUT2D eigenvalue weighted by molar-refractivity contribution is 0.113. The van der Waals surface area contributed by atoms with Gasteiger partial charge in [-0.15, -0.1) is 4.47 Å². The third kappa shape index (κ3) is 4.10. The number of allylic oxidation sites excluding steroid dienone is 1. The molecule has 0 fully saturated rings. The molecule has 1 aliphatic rings. The Morgan fingerprint density at radius 1 is 0.920 bits per heavy atom. The van der Waals surface area contributed by atoms with Gasteiger partial charge in [0.15, 0.2) is 0 Å². The lowest BCUT2D eigenvalue weighted by atomic mass is 9.98. The summed E-state index contributed by atoms with van der Waals surface area (Å²) in [5, 5.41) is 2.48. The maximum Gasteiger partial charge on any atom is 0.0538 e. The zero-order valence-electron chi connectivity index (χ0n) is 14.0. The van der Waals surface area contributed by atoms with E-state index < -0.39 is 0 Å². The van der Waals surface area contributed by atoms with Gasteiger partial charge in [-0.1, -0.05) is 48.6 Å². The molecular formula is C21H19NOS2. The molecule has 0 saturated carbocycles. The summed E-state index contributed by atoms with van der Waals surface area (Å²) >= 11 is 2.98. The third-order valence-electron chi connectivity index (χ3n) is 4.19. The quantitative estimate of drug-likeness (QED) is 0.295. The van der Waals surface area contributed by atoms with Crippen LogP contribution >= 0.6 is 24.0 Å². The van der Waals surface area contributed by atoms with E-state index in [9.17, 15) is 0 Å². The normalized spacial score (nSPS) is 13.4. The average molecular weight is 366 g/mol. The van der Waals surface area contributed by atoms with Crippen molar-refractivity contribution in [3.63, 3.8) is 0 Å². The van der Waals surface area contributed by atoms with Gasteiger partial charge in [0.1, 0.15) is 0 Å². The Morgan fingerprint density at radius 3 is 2.68 bits per heavy atom. The fraction of sp³-hybridized carbons (Fsp3) is 0.143. The van der Waals surface area contributed by atoms with Gasteiger partial charge in [-0.25, -0.2) is 4.28 Å². The number of benzene rings is 3. The Balaban J connectivity index is 1.38. The molecule has 25 heavy (non-hydrogen) atoms. The molecule has 0 aliphatic heterocycles. The van der Waals surface area contributed by atoms with Gasteiger partial charge in [0.2, 0.25) is 0 Å². The molecule has 2 nitrogen and oxygen atoms in total. The molecule has 0 unspecified atom stereocenters. The van der Waals surface area contributed by atoms with E-state index in [1.54, 1.807) is 16.4 Å². The minimum Gasteiger partial charge on any atom is -0.213 e. The van der Waals surface area contributed by atoms with E-state index >= 15 is 0 Å². The summed E-state index contributed by atoms with van der Waals surface area (Å²) in [5.74, 6) is 0. The molecular weight excluding hydrogens is 346 g/mol. The molecule has 0 aromatic heterocycles. The molecule has 3 aromatic rings. The van der Waals surface area contributed by atoms with Gasteiger partial charge in [0.05, 0.1) is 12.0 Å². The Kier molecular flexibility index (Phi) is 5.13. The van der Waals surface area contributed by atoms with Crippen molar-refractivity contribution < 1.29 is 4.28 Å². The first kappa shape index (κ1) is 16.7. The van der Waals surface area contributed by atoms with E-state index in [4.69, 9.17) is 4.28 Å². The summed E-state index contributed by atoms with van der Waals surface area (Å²) in [7, 11) is 1.94. The molecule has 0 atom stereocenters. The van der Waals surface area contributed by atoms with Crippen LogP contribution in [0.15, 0.2) is 76.5 Å². The first-order chi connectivity index (χ1) is 12.3. The summed E-state index contributed by atoms with van der Waals surface area (Å²) < 4.78 is 7.62. The Morgan fingerprint density at radius 2 is 1.76 bits per heavy atom. The van der Waals surface area contributed by atoms with E-state index in [1.807, 2.05) is 7.05 Å². The lowest BCUT2D eigenvalue weighted by Crippen LogP contribution is -2.05. The van der Waals surface area contributed by atoms with Crippen LogP contribution in [0.25, 0.3) is 16.8 Å².